The number of anilines is 1. The summed E-state index contributed by atoms with van der Waals surface area (Å²) in [6.07, 6.45) is -4.04. The molecule has 0 radical (unpaired) electrons. The fourth-order valence-electron chi connectivity index (χ4n) is 3.26. The summed E-state index contributed by atoms with van der Waals surface area (Å²) < 4.78 is 66.9. The van der Waals surface area contributed by atoms with Crippen molar-refractivity contribution in [1.29, 1.82) is 0 Å². The molecular formula is C20H21F3N2O4S. The van der Waals surface area contributed by atoms with Crippen molar-refractivity contribution in [2.75, 3.05) is 18.4 Å². The third-order valence-corrected chi connectivity index (χ3v) is 6.62. The van der Waals surface area contributed by atoms with Crippen LogP contribution in [0.2, 0.25) is 0 Å². The summed E-state index contributed by atoms with van der Waals surface area (Å²) >= 11 is 0. The number of piperidine rings is 1. The molecule has 10 heteroatoms. The summed E-state index contributed by atoms with van der Waals surface area (Å²) in [6.45, 7) is 0.483. The summed E-state index contributed by atoms with van der Waals surface area (Å²) in [5.41, 5.74) is 1.05. The van der Waals surface area contributed by atoms with Gasteiger partial charge in [-0.2, -0.15) is 0 Å². The molecule has 162 valence electrons. The Hall–Kier alpha value is -2.59. The Morgan fingerprint density at radius 1 is 1.03 bits per heavy atom. The lowest BCUT2D eigenvalue weighted by Crippen LogP contribution is -2.41. The van der Waals surface area contributed by atoms with E-state index in [2.05, 4.69) is 10.1 Å². The van der Waals surface area contributed by atoms with Crippen molar-refractivity contribution in [2.24, 2.45) is 5.92 Å². The number of hydrogen-bond acceptors (Lipinski definition) is 4. The lowest BCUT2D eigenvalue weighted by Gasteiger charge is -2.30. The first-order valence-corrected chi connectivity index (χ1v) is 10.9. The standard InChI is InChI=1S/C20H21F3N2O4S/c21-20(22,23)29-18-8-6-17(7-9-18)24-19(26)16-10-12-25(13-11-16)30(27,28)14-15-4-2-1-3-5-15/h1-9,16H,10-14H2,(H,24,26). The zero-order valence-corrected chi connectivity index (χ0v) is 16.7. The maximum absolute atomic E-state index is 12.6. The minimum absolute atomic E-state index is 0.0863. The SMILES string of the molecule is O=C(Nc1ccc(OC(F)(F)F)cc1)C1CCN(S(=O)(=O)Cc2ccccc2)CC1. The number of rotatable bonds is 6. The van der Waals surface area contributed by atoms with E-state index in [4.69, 9.17) is 0 Å². The molecule has 2 aromatic carbocycles. The Kier molecular flexibility index (Phi) is 6.67. The Labute approximate surface area is 172 Å². The Morgan fingerprint density at radius 2 is 1.63 bits per heavy atom. The van der Waals surface area contributed by atoms with E-state index < -0.39 is 16.4 Å². The quantitative estimate of drug-likeness (QED) is 0.739. The smallest absolute Gasteiger partial charge is 0.406 e. The van der Waals surface area contributed by atoms with Crippen molar-refractivity contribution in [3.05, 3.63) is 60.2 Å². The van der Waals surface area contributed by atoms with Gasteiger partial charge in [0.05, 0.1) is 5.75 Å². The van der Waals surface area contributed by atoms with E-state index in [0.29, 0.717) is 24.1 Å². The van der Waals surface area contributed by atoms with Crippen molar-refractivity contribution >= 4 is 21.6 Å². The monoisotopic (exact) mass is 442 g/mol. The van der Waals surface area contributed by atoms with Gasteiger partial charge in [-0.25, -0.2) is 12.7 Å². The first-order chi connectivity index (χ1) is 14.1. The van der Waals surface area contributed by atoms with Gasteiger partial charge in [-0.1, -0.05) is 30.3 Å². The summed E-state index contributed by atoms with van der Waals surface area (Å²) in [4.78, 5) is 12.4. The number of amides is 1. The van der Waals surface area contributed by atoms with Crippen LogP contribution >= 0.6 is 0 Å². The summed E-state index contributed by atoms with van der Waals surface area (Å²) in [7, 11) is -3.47. The second-order valence-corrected chi connectivity index (χ2v) is 8.95. The number of halogens is 3. The van der Waals surface area contributed by atoms with E-state index >= 15 is 0 Å². The van der Waals surface area contributed by atoms with E-state index in [1.54, 1.807) is 24.3 Å². The van der Waals surface area contributed by atoms with Crippen LogP contribution in [0.25, 0.3) is 0 Å². The number of alkyl halides is 3. The third-order valence-electron chi connectivity index (χ3n) is 4.77. The van der Waals surface area contributed by atoms with E-state index in [0.717, 1.165) is 12.1 Å². The van der Waals surface area contributed by atoms with Crippen LogP contribution in [0.5, 0.6) is 5.75 Å². The lowest BCUT2D eigenvalue weighted by atomic mass is 9.97. The Balaban J connectivity index is 1.51. The molecule has 1 amide bonds. The average molecular weight is 442 g/mol. The second-order valence-electron chi connectivity index (χ2n) is 6.98. The molecule has 0 aliphatic carbocycles. The van der Waals surface area contributed by atoms with E-state index in [9.17, 15) is 26.4 Å². The third kappa shape index (κ3) is 6.20. The number of sulfonamides is 1. The maximum Gasteiger partial charge on any atom is 0.573 e. The number of carbonyl (C=O) groups is 1. The van der Waals surface area contributed by atoms with Crippen LogP contribution in [-0.4, -0.2) is 38.1 Å². The van der Waals surface area contributed by atoms with Crippen molar-refractivity contribution in [3.8, 4) is 5.75 Å². The highest BCUT2D eigenvalue weighted by atomic mass is 32.2. The van der Waals surface area contributed by atoms with Crippen LogP contribution in [0.15, 0.2) is 54.6 Å². The summed E-state index contributed by atoms with van der Waals surface area (Å²) in [5.74, 6) is -1.13. The first kappa shape index (κ1) is 22.1. The molecule has 0 bridgehead atoms. The van der Waals surface area contributed by atoms with Gasteiger partial charge in [-0.15, -0.1) is 13.2 Å². The van der Waals surface area contributed by atoms with Crippen molar-refractivity contribution < 1.29 is 31.1 Å². The van der Waals surface area contributed by atoms with Crippen LogP contribution in [0.4, 0.5) is 18.9 Å². The van der Waals surface area contributed by atoms with Gasteiger partial charge in [-0.05, 0) is 42.7 Å². The van der Waals surface area contributed by atoms with Gasteiger partial charge in [-0.3, -0.25) is 4.79 Å². The molecule has 1 saturated heterocycles. The summed E-state index contributed by atoms with van der Waals surface area (Å²) in [5, 5.41) is 2.65. The van der Waals surface area contributed by atoms with Gasteiger partial charge in [0.2, 0.25) is 15.9 Å². The van der Waals surface area contributed by atoms with Crippen LogP contribution < -0.4 is 10.1 Å². The van der Waals surface area contributed by atoms with Crippen molar-refractivity contribution in [2.45, 2.75) is 25.0 Å². The topological polar surface area (TPSA) is 75.7 Å². The molecule has 1 aliphatic heterocycles. The number of benzene rings is 2. The highest BCUT2D eigenvalue weighted by molar-refractivity contribution is 7.88. The predicted molar refractivity (Wildman–Crippen MR) is 105 cm³/mol. The fourth-order valence-corrected chi connectivity index (χ4v) is 4.82. The number of nitrogens with zero attached hydrogens (tertiary/aromatic N) is 1. The average Bonchev–Trinajstić information content (AvgIpc) is 2.69. The molecule has 0 spiro atoms. The molecule has 0 unspecified atom stereocenters. The van der Waals surface area contributed by atoms with E-state index in [1.165, 1.54) is 16.4 Å². The molecule has 6 nitrogen and oxygen atoms in total. The zero-order valence-electron chi connectivity index (χ0n) is 15.9. The minimum Gasteiger partial charge on any atom is -0.406 e. The molecule has 30 heavy (non-hydrogen) atoms. The van der Waals surface area contributed by atoms with Crippen molar-refractivity contribution in [1.82, 2.24) is 4.31 Å². The molecule has 1 aliphatic rings. The number of carbonyl (C=O) groups excluding carboxylic acids is 1. The molecule has 3 rings (SSSR count). The van der Waals surface area contributed by atoms with Gasteiger partial charge in [0.15, 0.2) is 0 Å². The molecule has 0 atom stereocenters. The van der Waals surface area contributed by atoms with Crippen LogP contribution in [-0.2, 0) is 20.6 Å². The maximum atomic E-state index is 12.6. The number of hydrogen-bond donors (Lipinski definition) is 1. The molecule has 1 fully saturated rings. The number of nitrogens with one attached hydrogen (secondary N) is 1. The van der Waals surface area contributed by atoms with Crippen molar-refractivity contribution in [3.63, 3.8) is 0 Å². The lowest BCUT2D eigenvalue weighted by molar-refractivity contribution is -0.274. The first-order valence-electron chi connectivity index (χ1n) is 9.31. The minimum atomic E-state index is -4.78. The second kappa shape index (κ2) is 9.05. The molecule has 1 heterocycles. The van der Waals surface area contributed by atoms with Crippen LogP contribution in [0.3, 0.4) is 0 Å². The molecule has 0 saturated carbocycles. The molecule has 2 aromatic rings. The van der Waals surface area contributed by atoms with Gasteiger partial charge >= 0.3 is 6.36 Å². The van der Waals surface area contributed by atoms with Crippen LogP contribution in [0.1, 0.15) is 18.4 Å². The van der Waals surface area contributed by atoms with Gasteiger partial charge in [0.25, 0.3) is 0 Å². The van der Waals surface area contributed by atoms with Gasteiger partial charge in [0, 0.05) is 24.7 Å². The molecule has 1 N–H and O–H groups in total. The fraction of sp³-hybridized carbons (Fsp3) is 0.350. The van der Waals surface area contributed by atoms with Gasteiger partial charge in [0.1, 0.15) is 5.75 Å². The Bertz CT molecular complexity index is 956. The van der Waals surface area contributed by atoms with E-state index in [1.807, 2.05) is 6.07 Å². The largest absolute Gasteiger partial charge is 0.573 e. The van der Waals surface area contributed by atoms with E-state index in [-0.39, 0.29) is 36.4 Å². The highest BCUT2D eigenvalue weighted by Crippen LogP contribution is 2.26. The summed E-state index contributed by atoms with van der Waals surface area (Å²) in [6, 6.07) is 13.7. The Morgan fingerprint density at radius 3 is 2.20 bits per heavy atom. The molecule has 0 aromatic heterocycles. The highest BCUT2D eigenvalue weighted by Gasteiger charge is 2.32. The van der Waals surface area contributed by atoms with Gasteiger partial charge < -0.3 is 10.1 Å². The van der Waals surface area contributed by atoms with Crippen LogP contribution in [0, 0.1) is 5.92 Å². The normalized spacial score (nSPS) is 16.2. The number of ether oxygens (including phenoxy) is 1. The zero-order chi connectivity index (χ0) is 21.8. The molecular weight excluding hydrogens is 421 g/mol. The predicted octanol–water partition coefficient (Wildman–Crippen LogP) is 3.77.